The van der Waals surface area contributed by atoms with Crippen LogP contribution in [-0.2, 0) is 47.8 Å². The van der Waals surface area contributed by atoms with Crippen molar-refractivity contribution in [3.05, 3.63) is 0 Å². The van der Waals surface area contributed by atoms with Gasteiger partial charge in [0, 0.05) is 52.7 Å². The number of Topliss-reactive ketones (excluding diaryl/α,β-unsaturated/α-hetero) is 2. The maximum Gasteiger partial charge on any atom is 0.305 e. The van der Waals surface area contributed by atoms with Gasteiger partial charge >= 0.3 is 11.9 Å². The highest BCUT2D eigenvalue weighted by Crippen LogP contribution is 2.01. The molecule has 0 aromatic heterocycles. The van der Waals surface area contributed by atoms with Crippen LogP contribution in [0.25, 0.3) is 0 Å². The molecule has 0 saturated carbocycles. The van der Waals surface area contributed by atoms with Gasteiger partial charge < -0.3 is 31.2 Å². The Labute approximate surface area is 288 Å². The van der Waals surface area contributed by atoms with Gasteiger partial charge in [-0.3, -0.25) is 19.2 Å². The Hall–Kier alpha value is -4.36. The van der Waals surface area contributed by atoms with Gasteiger partial charge in [-0.2, -0.15) is 20.0 Å². The van der Waals surface area contributed by atoms with Gasteiger partial charge in [0.05, 0.1) is 14.2 Å². The predicted octanol–water partition coefficient (Wildman–Crippen LogP) is 2.76. The summed E-state index contributed by atoms with van der Waals surface area (Å²) < 4.78 is 8.75. The first-order chi connectivity index (χ1) is 21.2. The van der Waals surface area contributed by atoms with E-state index in [0.29, 0.717) is 32.1 Å². The lowest BCUT2D eigenvalue weighted by atomic mass is 10.1. The summed E-state index contributed by atoms with van der Waals surface area (Å²) in [6, 6.07) is 0. The van der Waals surface area contributed by atoms with Gasteiger partial charge in [-0.05, 0) is 26.9 Å². The minimum atomic E-state index is -0.297. The SMILES string of the molecule is C.C.C.C.CCC(=O)CCCC(=O)CC.CN.CN.CO.CO.COC(=O)CCCC(=O)OC.O=C=NCN=C=O.O=C=NCN=C=O. The maximum atomic E-state index is 10.8. The maximum absolute atomic E-state index is 10.8. The van der Waals surface area contributed by atoms with Crippen LogP contribution in [0.1, 0.15) is 94.9 Å². The predicted molar refractivity (Wildman–Crippen MR) is 188 cm³/mol. The Morgan fingerprint density at radius 3 is 0.896 bits per heavy atom. The van der Waals surface area contributed by atoms with Gasteiger partial charge in [-0.25, -0.2) is 19.2 Å². The van der Waals surface area contributed by atoms with Crippen LogP contribution in [-0.4, -0.2) is 114 Å². The summed E-state index contributed by atoms with van der Waals surface area (Å²) >= 11 is 0. The van der Waals surface area contributed by atoms with Gasteiger partial charge in [-0.1, -0.05) is 43.6 Å². The van der Waals surface area contributed by atoms with Gasteiger partial charge in [0.2, 0.25) is 24.3 Å². The molecule has 0 aliphatic rings. The molecule has 0 saturated heterocycles. The van der Waals surface area contributed by atoms with Crippen LogP contribution in [0, 0.1) is 0 Å². The molecule has 0 unspecified atom stereocenters. The molecule has 0 amide bonds. The highest BCUT2D eigenvalue weighted by molar-refractivity contribution is 5.80. The lowest BCUT2D eigenvalue weighted by molar-refractivity contribution is -0.142. The molecular weight excluding hydrogens is 636 g/mol. The van der Waals surface area contributed by atoms with Crippen molar-refractivity contribution in [2.24, 2.45) is 31.4 Å². The normalized spacial score (nSPS) is 6.42. The Morgan fingerprint density at radius 1 is 0.521 bits per heavy atom. The van der Waals surface area contributed by atoms with Gasteiger partial charge in [0.15, 0.2) is 13.3 Å². The Kier molecular flexibility index (Phi) is 160. The van der Waals surface area contributed by atoms with Crippen LogP contribution in [0.15, 0.2) is 20.0 Å². The highest BCUT2D eigenvalue weighted by Gasteiger charge is 2.03. The molecule has 0 aromatic rings. The topological polar surface area (TPSA) is 297 Å². The fourth-order valence-corrected chi connectivity index (χ4v) is 1.60. The van der Waals surface area contributed by atoms with E-state index < -0.39 is 0 Å². The Morgan fingerprint density at radius 2 is 0.729 bits per heavy atom. The van der Waals surface area contributed by atoms with Crippen molar-refractivity contribution in [1.82, 2.24) is 0 Å². The molecule has 0 aliphatic heterocycles. The van der Waals surface area contributed by atoms with Crippen molar-refractivity contribution in [2.45, 2.75) is 94.9 Å². The molecule has 0 fully saturated rings. The van der Waals surface area contributed by atoms with Gasteiger partial charge in [0.1, 0.15) is 11.6 Å². The third-order valence-electron chi connectivity index (χ3n) is 3.46. The van der Waals surface area contributed by atoms with Crippen LogP contribution in [0.3, 0.4) is 0 Å². The number of aliphatic hydroxyl groups is 2. The van der Waals surface area contributed by atoms with E-state index >= 15 is 0 Å². The summed E-state index contributed by atoms with van der Waals surface area (Å²) in [5.74, 6) is -0.0781. The van der Waals surface area contributed by atoms with Crippen LogP contribution < -0.4 is 11.5 Å². The number of rotatable bonds is 14. The van der Waals surface area contributed by atoms with E-state index in [9.17, 15) is 38.4 Å². The number of carbonyl (C=O) groups excluding carboxylic acids is 8. The second-order valence-electron chi connectivity index (χ2n) is 5.92. The van der Waals surface area contributed by atoms with Crippen LogP contribution >= 0.6 is 0 Å². The van der Waals surface area contributed by atoms with E-state index in [2.05, 4.69) is 40.9 Å². The summed E-state index contributed by atoms with van der Waals surface area (Å²) in [7, 11) is 7.64. The molecule has 0 heterocycles. The van der Waals surface area contributed by atoms with E-state index in [0.717, 1.165) is 20.6 Å². The number of nitrogens with two attached hydrogens (primary N) is 2. The summed E-state index contributed by atoms with van der Waals surface area (Å²) in [6.07, 6.45) is 8.92. The third kappa shape index (κ3) is 123. The lowest BCUT2D eigenvalue weighted by Crippen LogP contribution is -2.04. The van der Waals surface area contributed by atoms with Gasteiger partial charge in [-0.15, -0.1) is 0 Å². The zero-order chi connectivity index (χ0) is 36.5. The van der Waals surface area contributed by atoms with E-state index in [1.807, 2.05) is 13.8 Å². The molecule has 0 atom stereocenters. The molecule has 18 heteroatoms. The smallest absolute Gasteiger partial charge is 0.305 e. The first-order valence-corrected chi connectivity index (χ1v) is 12.6. The zero-order valence-corrected chi connectivity index (χ0v) is 27.0. The number of aliphatic hydroxyl groups excluding tert-OH is 2. The number of ether oxygens (including phenoxy) is 2. The summed E-state index contributed by atoms with van der Waals surface area (Å²) in [5.41, 5.74) is 9.00. The fourth-order valence-electron chi connectivity index (χ4n) is 1.60. The standard InChI is InChI=1S/C9H16O2.C7H12O4.2C3H2N2O2.2CH5N.2CH4O.4CH4/c1-3-8(10)6-5-7-9(11)4-2;1-10-6(8)4-3-5-7(9)11-2;2*6-2-4-1-5-3-7;4*1-2;;;;/h3-7H2,1-2H3;3-5H2,1-2H3;2*1H2;2*2H2,1H3;2*2H,1H3;4*1H4. The first kappa shape index (κ1) is 79.3. The van der Waals surface area contributed by atoms with Crippen molar-refractivity contribution in [1.29, 1.82) is 0 Å². The lowest BCUT2D eigenvalue weighted by Gasteiger charge is -1.97. The number of ketones is 2. The second kappa shape index (κ2) is 96.8. The van der Waals surface area contributed by atoms with Crippen LogP contribution in [0.2, 0.25) is 0 Å². The molecule has 0 aliphatic carbocycles. The Bertz CT molecular complexity index is 702. The van der Waals surface area contributed by atoms with Crippen molar-refractivity contribution in [2.75, 3.05) is 55.9 Å². The number of isocyanates is 4. The number of hydrogen-bond donors (Lipinski definition) is 4. The molecular formula is C30H66N6O12. The second-order valence-corrected chi connectivity index (χ2v) is 5.92. The number of nitrogens with zero attached hydrogens (tertiary/aromatic N) is 4. The van der Waals surface area contributed by atoms with Gasteiger partial charge in [0.25, 0.3) is 0 Å². The van der Waals surface area contributed by atoms with E-state index in [-0.39, 0.29) is 79.4 Å². The van der Waals surface area contributed by atoms with Crippen LogP contribution in [0.4, 0.5) is 0 Å². The monoisotopic (exact) mass is 702 g/mol. The average Bonchev–Trinajstić information content (AvgIpc) is 3.09. The Balaban J connectivity index is -0.0000000331. The van der Waals surface area contributed by atoms with Crippen molar-refractivity contribution in [3.8, 4) is 0 Å². The first-order valence-electron chi connectivity index (χ1n) is 12.6. The van der Waals surface area contributed by atoms with Crippen molar-refractivity contribution >= 4 is 47.8 Å². The fraction of sp³-hybridized carbons (Fsp3) is 0.733. The largest absolute Gasteiger partial charge is 0.469 e. The highest BCUT2D eigenvalue weighted by atomic mass is 16.5. The summed E-state index contributed by atoms with van der Waals surface area (Å²) in [4.78, 5) is 91.1. The number of carbonyl (C=O) groups is 4. The number of hydrogen-bond acceptors (Lipinski definition) is 18. The number of aliphatic imine (C=N–C) groups is 4. The molecule has 0 aromatic carbocycles. The molecule has 0 rings (SSSR count). The third-order valence-corrected chi connectivity index (χ3v) is 3.46. The quantitative estimate of drug-likeness (QED) is 0.115. The average molecular weight is 703 g/mol. The number of methoxy groups -OCH3 is 2. The van der Waals surface area contributed by atoms with E-state index in [1.165, 1.54) is 52.6 Å². The van der Waals surface area contributed by atoms with E-state index in [1.54, 1.807) is 0 Å². The molecule has 0 spiro atoms. The summed E-state index contributed by atoms with van der Waals surface area (Å²) in [5, 5.41) is 14.0. The molecule has 18 nitrogen and oxygen atoms in total. The minimum Gasteiger partial charge on any atom is -0.469 e. The van der Waals surface area contributed by atoms with E-state index in [4.69, 9.17) is 10.2 Å². The molecule has 6 N–H and O–H groups in total. The van der Waals surface area contributed by atoms with Crippen LogP contribution in [0.5, 0.6) is 0 Å². The summed E-state index contributed by atoms with van der Waals surface area (Å²) in [6.45, 7) is 3.38. The molecule has 48 heavy (non-hydrogen) atoms. The zero-order valence-electron chi connectivity index (χ0n) is 27.0. The number of esters is 2. The van der Waals surface area contributed by atoms with Crippen molar-refractivity contribution in [3.63, 3.8) is 0 Å². The molecule has 0 radical (unpaired) electrons. The minimum absolute atomic E-state index is 0. The molecule has 288 valence electrons. The molecule has 0 bridgehead atoms. The van der Waals surface area contributed by atoms with Crippen molar-refractivity contribution < 1.29 is 58.0 Å².